The molecule has 17 heavy (non-hydrogen) atoms. The third-order valence-corrected chi connectivity index (χ3v) is 5.86. The van der Waals surface area contributed by atoms with Crippen molar-refractivity contribution in [3.05, 3.63) is 0 Å². The van der Waals surface area contributed by atoms with E-state index in [2.05, 4.69) is 13.8 Å². The minimum atomic E-state index is 0.151. The van der Waals surface area contributed by atoms with Crippen molar-refractivity contribution in [2.24, 2.45) is 29.1 Å². The van der Waals surface area contributed by atoms with Gasteiger partial charge in [0.05, 0.1) is 0 Å². The topological polar surface area (TPSA) is 17.1 Å². The molecule has 4 aliphatic rings. The average molecular weight is 234 g/mol. The van der Waals surface area contributed by atoms with E-state index in [-0.39, 0.29) is 5.41 Å². The van der Waals surface area contributed by atoms with Gasteiger partial charge in [-0.15, -0.1) is 0 Å². The number of ketones is 1. The van der Waals surface area contributed by atoms with Crippen molar-refractivity contribution in [1.82, 2.24) is 0 Å². The van der Waals surface area contributed by atoms with E-state index >= 15 is 0 Å². The van der Waals surface area contributed by atoms with Gasteiger partial charge < -0.3 is 0 Å². The van der Waals surface area contributed by atoms with Crippen molar-refractivity contribution in [3.63, 3.8) is 0 Å². The van der Waals surface area contributed by atoms with Gasteiger partial charge in [0.25, 0.3) is 0 Å². The SMILES string of the molecule is CCC(C)CC(=O)C12CC3CC(CC(C3)C1)C2. The van der Waals surface area contributed by atoms with Crippen molar-refractivity contribution in [2.45, 2.75) is 65.2 Å². The quantitative estimate of drug-likeness (QED) is 0.712. The first-order valence-electron chi connectivity index (χ1n) is 7.64. The Balaban J connectivity index is 1.75. The Morgan fingerprint density at radius 1 is 1.12 bits per heavy atom. The van der Waals surface area contributed by atoms with Crippen molar-refractivity contribution in [3.8, 4) is 0 Å². The third-order valence-electron chi connectivity index (χ3n) is 5.86. The maximum atomic E-state index is 12.7. The predicted octanol–water partition coefficient (Wildman–Crippen LogP) is 4.21. The second kappa shape index (κ2) is 4.10. The van der Waals surface area contributed by atoms with Crippen LogP contribution in [0.1, 0.15) is 65.2 Å². The van der Waals surface area contributed by atoms with Gasteiger partial charge in [0.15, 0.2) is 0 Å². The smallest absolute Gasteiger partial charge is 0.139 e. The zero-order chi connectivity index (χ0) is 12.0. The minimum Gasteiger partial charge on any atom is -0.299 e. The van der Waals surface area contributed by atoms with E-state index in [4.69, 9.17) is 0 Å². The monoisotopic (exact) mass is 234 g/mol. The lowest BCUT2D eigenvalue weighted by Gasteiger charge is -2.56. The molecule has 0 aromatic rings. The molecule has 1 nitrogen and oxygen atoms in total. The lowest BCUT2D eigenvalue weighted by Crippen LogP contribution is -2.50. The fourth-order valence-corrected chi connectivity index (χ4v) is 5.13. The van der Waals surface area contributed by atoms with E-state index < -0.39 is 0 Å². The van der Waals surface area contributed by atoms with E-state index in [0.29, 0.717) is 11.7 Å². The lowest BCUT2D eigenvalue weighted by molar-refractivity contribution is -0.144. The van der Waals surface area contributed by atoms with Crippen LogP contribution in [-0.4, -0.2) is 5.78 Å². The Morgan fingerprint density at radius 3 is 2.00 bits per heavy atom. The first kappa shape index (κ1) is 11.7. The second-order valence-corrected chi connectivity index (χ2v) is 7.34. The standard InChI is InChI=1S/C16H26O/c1-3-11(2)4-15(17)16-8-12-5-13(9-16)7-14(6-12)10-16/h11-14H,3-10H2,1-2H3. The molecule has 4 bridgehead atoms. The molecule has 0 radical (unpaired) electrons. The molecule has 4 saturated carbocycles. The highest BCUT2D eigenvalue weighted by atomic mass is 16.1. The number of Topliss-reactive ketones (excluding diaryl/α,β-unsaturated/α-hetero) is 1. The highest BCUT2D eigenvalue weighted by Crippen LogP contribution is 2.60. The summed E-state index contributed by atoms with van der Waals surface area (Å²) in [7, 11) is 0. The van der Waals surface area contributed by atoms with Crippen LogP contribution < -0.4 is 0 Å². The highest BCUT2D eigenvalue weighted by molar-refractivity contribution is 5.85. The third kappa shape index (κ3) is 1.96. The van der Waals surface area contributed by atoms with Crippen LogP contribution >= 0.6 is 0 Å². The zero-order valence-electron chi connectivity index (χ0n) is 11.4. The molecular formula is C16H26O. The van der Waals surface area contributed by atoms with Crippen molar-refractivity contribution >= 4 is 5.78 Å². The molecule has 0 spiro atoms. The van der Waals surface area contributed by atoms with Gasteiger partial charge in [-0.2, -0.15) is 0 Å². The van der Waals surface area contributed by atoms with Gasteiger partial charge in [-0.1, -0.05) is 20.3 Å². The molecule has 4 fully saturated rings. The van der Waals surface area contributed by atoms with E-state index in [1.54, 1.807) is 0 Å². The van der Waals surface area contributed by atoms with Crippen LogP contribution in [-0.2, 0) is 4.79 Å². The Labute approximate surface area is 105 Å². The Morgan fingerprint density at radius 2 is 1.59 bits per heavy atom. The molecule has 0 aromatic heterocycles. The fourth-order valence-electron chi connectivity index (χ4n) is 5.13. The first-order valence-corrected chi connectivity index (χ1v) is 7.64. The van der Waals surface area contributed by atoms with Crippen molar-refractivity contribution in [1.29, 1.82) is 0 Å². The fraction of sp³-hybridized carbons (Fsp3) is 0.938. The predicted molar refractivity (Wildman–Crippen MR) is 69.7 cm³/mol. The van der Waals surface area contributed by atoms with Crippen LogP contribution in [0.4, 0.5) is 0 Å². The van der Waals surface area contributed by atoms with Gasteiger partial charge in [-0.25, -0.2) is 0 Å². The number of hydrogen-bond donors (Lipinski definition) is 0. The van der Waals surface area contributed by atoms with Gasteiger partial charge in [-0.3, -0.25) is 4.79 Å². The second-order valence-electron chi connectivity index (χ2n) is 7.34. The minimum absolute atomic E-state index is 0.151. The number of carbonyl (C=O) groups excluding carboxylic acids is 1. The van der Waals surface area contributed by atoms with E-state index in [1.165, 1.54) is 38.5 Å². The normalized spacial score (nSPS) is 44.9. The van der Waals surface area contributed by atoms with Crippen LogP contribution in [0.3, 0.4) is 0 Å². The molecule has 0 amide bonds. The maximum Gasteiger partial charge on any atom is 0.139 e. The first-order chi connectivity index (χ1) is 8.11. The molecule has 0 aliphatic heterocycles. The Hall–Kier alpha value is -0.330. The van der Waals surface area contributed by atoms with Gasteiger partial charge >= 0.3 is 0 Å². The summed E-state index contributed by atoms with van der Waals surface area (Å²) in [6, 6.07) is 0. The summed E-state index contributed by atoms with van der Waals surface area (Å²) in [6.07, 6.45) is 10.1. The number of carbonyl (C=O) groups is 1. The lowest BCUT2D eigenvalue weighted by atomic mass is 9.48. The molecule has 0 heterocycles. The summed E-state index contributed by atoms with van der Waals surface area (Å²) in [5, 5.41) is 0. The van der Waals surface area contributed by atoms with Crippen LogP contribution in [0.5, 0.6) is 0 Å². The summed E-state index contributed by atoms with van der Waals surface area (Å²) in [5.74, 6) is 3.94. The van der Waals surface area contributed by atoms with E-state index in [0.717, 1.165) is 30.6 Å². The molecule has 1 atom stereocenters. The summed E-state index contributed by atoms with van der Waals surface area (Å²) >= 11 is 0. The zero-order valence-corrected chi connectivity index (χ0v) is 11.4. The molecule has 0 N–H and O–H groups in total. The summed E-state index contributed by atoms with van der Waals surface area (Å²) < 4.78 is 0. The molecule has 1 unspecified atom stereocenters. The molecule has 1 heteroatoms. The Kier molecular flexibility index (Phi) is 2.83. The maximum absolute atomic E-state index is 12.7. The summed E-state index contributed by atoms with van der Waals surface area (Å²) in [5.41, 5.74) is 0.151. The number of rotatable bonds is 4. The van der Waals surface area contributed by atoms with Gasteiger partial charge in [0.1, 0.15) is 5.78 Å². The largest absolute Gasteiger partial charge is 0.299 e. The number of hydrogen-bond acceptors (Lipinski definition) is 1. The van der Waals surface area contributed by atoms with Crippen LogP contribution in [0.2, 0.25) is 0 Å². The average Bonchev–Trinajstić information content (AvgIpc) is 2.26. The molecule has 4 rings (SSSR count). The summed E-state index contributed by atoms with van der Waals surface area (Å²) in [6.45, 7) is 4.44. The van der Waals surface area contributed by atoms with E-state index in [9.17, 15) is 4.79 Å². The molecule has 4 aliphatic carbocycles. The van der Waals surface area contributed by atoms with Crippen LogP contribution in [0.15, 0.2) is 0 Å². The summed E-state index contributed by atoms with van der Waals surface area (Å²) in [4.78, 5) is 12.7. The molecular weight excluding hydrogens is 208 g/mol. The van der Waals surface area contributed by atoms with Gasteiger partial charge in [0, 0.05) is 11.8 Å². The van der Waals surface area contributed by atoms with Crippen molar-refractivity contribution in [2.75, 3.05) is 0 Å². The van der Waals surface area contributed by atoms with E-state index in [1.807, 2.05) is 0 Å². The van der Waals surface area contributed by atoms with Gasteiger partial charge in [0.2, 0.25) is 0 Å². The Bertz CT molecular complexity index is 282. The van der Waals surface area contributed by atoms with Gasteiger partial charge in [-0.05, 0) is 62.2 Å². The molecule has 0 saturated heterocycles. The molecule has 96 valence electrons. The van der Waals surface area contributed by atoms with Crippen LogP contribution in [0.25, 0.3) is 0 Å². The molecule has 0 aromatic carbocycles. The van der Waals surface area contributed by atoms with Crippen LogP contribution in [0, 0.1) is 29.1 Å². The van der Waals surface area contributed by atoms with Crippen molar-refractivity contribution < 1.29 is 4.79 Å². The highest BCUT2D eigenvalue weighted by Gasteiger charge is 2.53.